The zero-order valence-electron chi connectivity index (χ0n) is 14.0. The van der Waals surface area contributed by atoms with Crippen molar-refractivity contribution in [2.75, 3.05) is 19.8 Å². The number of hydrogen-bond acceptors (Lipinski definition) is 4. The Morgan fingerprint density at radius 1 is 1.12 bits per heavy atom. The van der Waals surface area contributed by atoms with E-state index in [9.17, 15) is 0 Å². The Hall–Kier alpha value is -1.69. The third kappa shape index (κ3) is 3.69. The van der Waals surface area contributed by atoms with Crippen LogP contribution in [0.4, 0.5) is 0 Å². The van der Waals surface area contributed by atoms with Crippen LogP contribution in [0.5, 0.6) is 0 Å². The fraction of sp³-hybridized carbons (Fsp3) is 0.526. The fourth-order valence-corrected chi connectivity index (χ4v) is 3.70. The van der Waals surface area contributed by atoms with Gasteiger partial charge in [-0.2, -0.15) is 0 Å². The van der Waals surface area contributed by atoms with Crippen LogP contribution in [0.25, 0.3) is 0 Å². The highest BCUT2D eigenvalue weighted by atomic mass is 16.5. The van der Waals surface area contributed by atoms with Gasteiger partial charge in [-0.15, -0.1) is 0 Å². The molecule has 0 N–H and O–H groups in total. The molecule has 0 aromatic carbocycles. The number of rotatable bonds is 4. The van der Waals surface area contributed by atoms with E-state index in [0.29, 0.717) is 12.6 Å². The van der Waals surface area contributed by atoms with Gasteiger partial charge in [0, 0.05) is 57.0 Å². The quantitative estimate of drug-likeness (QED) is 0.865. The topological polar surface area (TPSA) is 39.5 Å². The molecule has 0 saturated carbocycles. The van der Waals surface area contributed by atoms with E-state index in [4.69, 9.17) is 9.47 Å². The molecule has 1 saturated heterocycles. The highest BCUT2D eigenvalue weighted by Gasteiger charge is 2.28. The monoisotopic (exact) mass is 327 g/mol. The molecular formula is C19H25N3O2. The molecule has 128 valence electrons. The molecule has 1 atom stereocenters. The number of aromatic nitrogens is 2. The van der Waals surface area contributed by atoms with Gasteiger partial charge < -0.3 is 14.0 Å². The van der Waals surface area contributed by atoms with Crippen LogP contribution in [-0.2, 0) is 29.2 Å². The third-order valence-corrected chi connectivity index (χ3v) is 5.03. The predicted octanol–water partition coefficient (Wildman–Crippen LogP) is 2.46. The van der Waals surface area contributed by atoms with Crippen LogP contribution in [0.15, 0.2) is 42.7 Å². The van der Waals surface area contributed by atoms with Crippen LogP contribution < -0.4 is 0 Å². The van der Waals surface area contributed by atoms with Crippen molar-refractivity contribution in [1.29, 1.82) is 0 Å². The van der Waals surface area contributed by atoms with E-state index in [2.05, 4.69) is 32.8 Å². The molecule has 2 aliphatic heterocycles. The summed E-state index contributed by atoms with van der Waals surface area (Å²) >= 11 is 0. The zero-order valence-corrected chi connectivity index (χ0v) is 14.0. The maximum absolute atomic E-state index is 6.24. The summed E-state index contributed by atoms with van der Waals surface area (Å²) < 4.78 is 14.1. The van der Waals surface area contributed by atoms with E-state index in [0.717, 1.165) is 51.4 Å². The van der Waals surface area contributed by atoms with Crippen molar-refractivity contribution in [1.82, 2.24) is 14.5 Å². The number of ether oxygens (including phenoxy) is 2. The second-order valence-electron chi connectivity index (χ2n) is 6.68. The minimum absolute atomic E-state index is 0.184. The first kappa shape index (κ1) is 15.8. The zero-order chi connectivity index (χ0) is 16.2. The lowest BCUT2D eigenvalue weighted by Gasteiger charge is -2.34. The van der Waals surface area contributed by atoms with Crippen LogP contribution in [0.3, 0.4) is 0 Å². The first-order chi connectivity index (χ1) is 11.9. The van der Waals surface area contributed by atoms with Crippen molar-refractivity contribution >= 4 is 0 Å². The van der Waals surface area contributed by atoms with Crippen LogP contribution in [0.1, 0.15) is 24.2 Å². The molecule has 0 bridgehead atoms. The van der Waals surface area contributed by atoms with E-state index in [1.54, 1.807) is 0 Å². The first-order valence-electron chi connectivity index (χ1n) is 8.86. The maximum atomic E-state index is 6.24. The smallest absolute Gasteiger partial charge is 0.0893 e. The van der Waals surface area contributed by atoms with Crippen molar-refractivity contribution in [2.24, 2.45) is 0 Å². The van der Waals surface area contributed by atoms with Gasteiger partial charge >= 0.3 is 0 Å². The predicted molar refractivity (Wildman–Crippen MR) is 91.5 cm³/mol. The molecule has 2 aromatic heterocycles. The molecule has 0 spiro atoms. The van der Waals surface area contributed by atoms with E-state index >= 15 is 0 Å². The molecule has 0 aliphatic carbocycles. The molecule has 4 rings (SSSR count). The third-order valence-electron chi connectivity index (χ3n) is 5.03. The molecule has 0 radical (unpaired) electrons. The highest BCUT2D eigenvalue weighted by molar-refractivity contribution is 5.09. The molecule has 0 amide bonds. The summed E-state index contributed by atoms with van der Waals surface area (Å²) in [7, 11) is 0. The van der Waals surface area contributed by atoms with Crippen molar-refractivity contribution in [2.45, 2.75) is 44.7 Å². The van der Waals surface area contributed by atoms with E-state index in [1.807, 2.05) is 24.4 Å². The number of pyridine rings is 1. The summed E-state index contributed by atoms with van der Waals surface area (Å²) in [6, 6.07) is 10.9. The number of hydrogen-bond donors (Lipinski definition) is 0. The van der Waals surface area contributed by atoms with E-state index in [1.165, 1.54) is 5.69 Å². The minimum atomic E-state index is 0.184. The Morgan fingerprint density at radius 2 is 2.04 bits per heavy atom. The molecule has 0 unspecified atom stereocenters. The Labute approximate surface area is 143 Å². The summed E-state index contributed by atoms with van der Waals surface area (Å²) in [5.74, 6) is 0. The van der Waals surface area contributed by atoms with Gasteiger partial charge in [-0.05, 0) is 37.1 Å². The van der Waals surface area contributed by atoms with Gasteiger partial charge in [0.05, 0.1) is 18.4 Å². The van der Waals surface area contributed by atoms with Gasteiger partial charge in [0.1, 0.15) is 0 Å². The second kappa shape index (κ2) is 7.47. The maximum Gasteiger partial charge on any atom is 0.0893 e. The van der Waals surface area contributed by atoms with Gasteiger partial charge in [-0.3, -0.25) is 9.88 Å². The van der Waals surface area contributed by atoms with Crippen LogP contribution in [0.2, 0.25) is 0 Å². The van der Waals surface area contributed by atoms with Gasteiger partial charge in [0.2, 0.25) is 0 Å². The Kier molecular flexibility index (Phi) is 4.92. The minimum Gasteiger partial charge on any atom is -0.381 e. The Balaban J connectivity index is 1.46. The first-order valence-corrected chi connectivity index (χ1v) is 8.86. The summed E-state index contributed by atoms with van der Waals surface area (Å²) in [5, 5.41) is 0. The van der Waals surface area contributed by atoms with Crippen molar-refractivity contribution < 1.29 is 9.47 Å². The van der Waals surface area contributed by atoms with E-state index < -0.39 is 0 Å². The van der Waals surface area contributed by atoms with Crippen molar-refractivity contribution in [3.05, 3.63) is 54.1 Å². The van der Waals surface area contributed by atoms with Crippen LogP contribution >= 0.6 is 0 Å². The summed E-state index contributed by atoms with van der Waals surface area (Å²) in [6.07, 6.45) is 6.41. The summed E-state index contributed by atoms with van der Waals surface area (Å²) in [4.78, 5) is 6.96. The molecule has 24 heavy (non-hydrogen) atoms. The number of fused-ring (bicyclic) bond motifs is 1. The molecule has 4 heterocycles. The lowest BCUT2D eigenvalue weighted by molar-refractivity contribution is -0.0200. The number of nitrogens with zero attached hydrogens (tertiary/aromatic N) is 3. The Bertz CT molecular complexity index is 637. The fourth-order valence-electron chi connectivity index (χ4n) is 3.70. The lowest BCUT2D eigenvalue weighted by Crippen LogP contribution is -2.42. The lowest BCUT2D eigenvalue weighted by atomic mass is 10.1. The average Bonchev–Trinajstić information content (AvgIpc) is 2.99. The van der Waals surface area contributed by atoms with Gasteiger partial charge in [0.25, 0.3) is 0 Å². The normalized spacial score (nSPS) is 22.9. The Morgan fingerprint density at radius 3 is 2.88 bits per heavy atom. The molecular weight excluding hydrogens is 302 g/mol. The molecule has 2 aromatic rings. The SMILES string of the molecule is c1ccc(CO[C@@H]2CN(C3CCOCC3)Cc3cccn3C2)nc1. The average molecular weight is 327 g/mol. The highest BCUT2D eigenvalue weighted by Crippen LogP contribution is 2.22. The molecule has 5 nitrogen and oxygen atoms in total. The largest absolute Gasteiger partial charge is 0.381 e. The summed E-state index contributed by atoms with van der Waals surface area (Å²) in [5.41, 5.74) is 2.37. The van der Waals surface area contributed by atoms with Crippen LogP contribution in [0, 0.1) is 0 Å². The van der Waals surface area contributed by atoms with Crippen LogP contribution in [-0.4, -0.2) is 46.4 Å². The van der Waals surface area contributed by atoms with E-state index in [-0.39, 0.29) is 6.10 Å². The molecule has 1 fully saturated rings. The molecule has 5 heteroatoms. The second-order valence-corrected chi connectivity index (χ2v) is 6.68. The van der Waals surface area contributed by atoms with Gasteiger partial charge in [-0.25, -0.2) is 0 Å². The van der Waals surface area contributed by atoms with Crippen molar-refractivity contribution in [3.63, 3.8) is 0 Å². The molecule has 2 aliphatic rings. The van der Waals surface area contributed by atoms with Gasteiger partial charge in [0.15, 0.2) is 0 Å². The van der Waals surface area contributed by atoms with Gasteiger partial charge in [-0.1, -0.05) is 6.07 Å². The summed E-state index contributed by atoms with van der Waals surface area (Å²) in [6.45, 7) is 5.21. The van der Waals surface area contributed by atoms with Crippen molar-refractivity contribution in [3.8, 4) is 0 Å². The standard InChI is InChI=1S/C19H25N3O2/c1-2-8-20-16(4-1)15-24-19-13-21-9-3-5-18(21)12-22(14-19)17-6-10-23-11-7-17/h1-5,8-9,17,19H,6-7,10-15H2/t19-/m0/s1.